The number of hydrogen-bond donors (Lipinski definition) is 1. The minimum absolute atomic E-state index is 0.219. The lowest BCUT2D eigenvalue weighted by atomic mass is 10.1. The van der Waals surface area contributed by atoms with E-state index >= 15 is 0 Å². The fourth-order valence-corrected chi connectivity index (χ4v) is 2.93. The Morgan fingerprint density at radius 1 is 1.43 bits per heavy atom. The van der Waals surface area contributed by atoms with Gasteiger partial charge in [0.15, 0.2) is 11.5 Å². The van der Waals surface area contributed by atoms with Gasteiger partial charge in [0.25, 0.3) is 0 Å². The molecule has 1 aliphatic rings. The zero-order valence-corrected chi connectivity index (χ0v) is 13.5. The Balaban J connectivity index is 2.11. The quantitative estimate of drug-likeness (QED) is 0.876. The lowest BCUT2D eigenvalue weighted by Gasteiger charge is -2.30. The van der Waals surface area contributed by atoms with Gasteiger partial charge in [-0.2, -0.15) is 0 Å². The molecule has 1 saturated heterocycles. The highest BCUT2D eigenvalue weighted by atomic mass is 35.5. The van der Waals surface area contributed by atoms with Crippen LogP contribution in [0.3, 0.4) is 0 Å². The number of halogens is 1. The molecule has 0 saturated carbocycles. The minimum atomic E-state index is -0.219. The molecule has 1 atom stereocenters. The van der Waals surface area contributed by atoms with Crippen molar-refractivity contribution in [3.8, 4) is 11.5 Å². The highest BCUT2D eigenvalue weighted by Gasteiger charge is 2.19. The summed E-state index contributed by atoms with van der Waals surface area (Å²) in [6.07, 6.45) is 2.63. The summed E-state index contributed by atoms with van der Waals surface area (Å²) in [6, 6.07) is 3.90. The van der Waals surface area contributed by atoms with Crippen LogP contribution in [0.25, 0.3) is 0 Å². The second kappa shape index (κ2) is 7.87. The number of β-amino-alcohol motifs (C(OH)–C–C–N with tert-alkyl or cyclic N) is 1. The van der Waals surface area contributed by atoms with Crippen molar-refractivity contribution >= 4 is 11.6 Å². The van der Waals surface area contributed by atoms with Crippen LogP contribution in [0.2, 0.25) is 5.02 Å². The largest absolute Gasteiger partial charge is 0.493 e. The summed E-state index contributed by atoms with van der Waals surface area (Å²) < 4.78 is 11.1. The molecule has 1 N–H and O–H groups in total. The Hall–Kier alpha value is -0.970. The van der Waals surface area contributed by atoms with Gasteiger partial charge < -0.3 is 14.6 Å². The predicted molar refractivity (Wildman–Crippen MR) is 84.3 cm³/mol. The monoisotopic (exact) mass is 313 g/mol. The van der Waals surface area contributed by atoms with Gasteiger partial charge in [-0.25, -0.2) is 0 Å². The lowest BCUT2D eigenvalue weighted by Crippen LogP contribution is -2.37. The Bertz CT molecular complexity index is 467. The zero-order chi connectivity index (χ0) is 15.2. The molecule has 21 heavy (non-hydrogen) atoms. The van der Waals surface area contributed by atoms with Crippen molar-refractivity contribution in [2.75, 3.05) is 26.8 Å². The number of aliphatic hydroxyl groups is 1. The first kappa shape index (κ1) is 16.4. The third-order valence-electron chi connectivity index (χ3n) is 3.63. The van der Waals surface area contributed by atoms with E-state index in [4.69, 9.17) is 21.1 Å². The fraction of sp³-hybridized carbons (Fsp3) is 0.625. The predicted octanol–water partition coefficient (Wildman–Crippen LogP) is 3.09. The third-order valence-corrected chi connectivity index (χ3v) is 3.91. The maximum Gasteiger partial charge on any atom is 0.179 e. The third kappa shape index (κ3) is 4.50. The van der Waals surface area contributed by atoms with Gasteiger partial charge in [0.1, 0.15) is 0 Å². The van der Waals surface area contributed by atoms with Gasteiger partial charge in [-0.3, -0.25) is 4.90 Å². The average Bonchev–Trinajstić information content (AvgIpc) is 2.45. The maximum absolute atomic E-state index is 9.74. The van der Waals surface area contributed by atoms with Gasteiger partial charge in [-0.05, 0) is 43.5 Å². The van der Waals surface area contributed by atoms with E-state index in [1.165, 1.54) is 0 Å². The van der Waals surface area contributed by atoms with E-state index in [0.29, 0.717) is 29.7 Å². The summed E-state index contributed by atoms with van der Waals surface area (Å²) in [5.41, 5.74) is 1.08. The van der Waals surface area contributed by atoms with Crippen LogP contribution in [0.5, 0.6) is 11.5 Å². The molecule has 1 heterocycles. The van der Waals surface area contributed by atoms with Gasteiger partial charge in [0, 0.05) is 13.1 Å². The van der Waals surface area contributed by atoms with Crippen LogP contribution in [-0.2, 0) is 6.54 Å². The van der Waals surface area contributed by atoms with E-state index in [0.717, 1.165) is 37.9 Å². The molecule has 1 aromatic carbocycles. The molecule has 0 bridgehead atoms. The van der Waals surface area contributed by atoms with Crippen molar-refractivity contribution in [2.45, 2.75) is 38.8 Å². The van der Waals surface area contributed by atoms with Crippen LogP contribution in [-0.4, -0.2) is 42.9 Å². The van der Waals surface area contributed by atoms with E-state index in [-0.39, 0.29) is 6.10 Å². The van der Waals surface area contributed by atoms with E-state index < -0.39 is 0 Å². The van der Waals surface area contributed by atoms with Gasteiger partial charge in [0.05, 0.1) is 24.8 Å². The highest BCUT2D eigenvalue weighted by Crippen LogP contribution is 2.37. The number of rotatable bonds is 6. The average molecular weight is 314 g/mol. The normalized spacial score (nSPS) is 19.5. The molecule has 0 aliphatic carbocycles. The molecule has 1 fully saturated rings. The van der Waals surface area contributed by atoms with Crippen molar-refractivity contribution in [2.24, 2.45) is 0 Å². The number of aliphatic hydroxyl groups excluding tert-OH is 1. The van der Waals surface area contributed by atoms with Gasteiger partial charge in [-0.1, -0.05) is 18.5 Å². The van der Waals surface area contributed by atoms with Crippen LogP contribution in [0.1, 0.15) is 31.7 Å². The smallest absolute Gasteiger partial charge is 0.179 e. The van der Waals surface area contributed by atoms with Crippen molar-refractivity contribution in [1.29, 1.82) is 0 Å². The molecule has 4 nitrogen and oxygen atoms in total. The molecule has 0 aromatic heterocycles. The molecule has 1 unspecified atom stereocenters. The standard InChI is InChI=1S/C16H24ClNO3/c1-3-7-21-16-14(17)8-12(9-15(16)20-2)10-18-6-4-5-13(19)11-18/h8-9,13,19H,3-7,10-11H2,1-2H3. The van der Waals surface area contributed by atoms with Crippen LogP contribution >= 0.6 is 11.6 Å². The van der Waals surface area contributed by atoms with Crippen molar-refractivity contribution in [1.82, 2.24) is 4.90 Å². The van der Waals surface area contributed by atoms with Crippen LogP contribution < -0.4 is 9.47 Å². The molecule has 1 aromatic rings. The SMILES string of the molecule is CCCOc1c(Cl)cc(CN2CCCC(O)C2)cc1OC. The summed E-state index contributed by atoms with van der Waals surface area (Å²) in [7, 11) is 1.62. The molecule has 0 spiro atoms. The molecular formula is C16H24ClNO3. The second-order valence-corrected chi connectivity index (χ2v) is 5.90. The van der Waals surface area contributed by atoms with Crippen molar-refractivity contribution in [3.63, 3.8) is 0 Å². The van der Waals surface area contributed by atoms with Gasteiger partial charge in [-0.15, -0.1) is 0 Å². The second-order valence-electron chi connectivity index (χ2n) is 5.49. The van der Waals surface area contributed by atoms with Crippen molar-refractivity contribution in [3.05, 3.63) is 22.7 Å². The molecule has 2 rings (SSSR count). The molecule has 0 amide bonds. The first-order valence-corrected chi connectivity index (χ1v) is 7.91. The van der Waals surface area contributed by atoms with E-state index in [9.17, 15) is 5.11 Å². The Morgan fingerprint density at radius 3 is 2.90 bits per heavy atom. The number of nitrogens with zero attached hydrogens (tertiary/aromatic N) is 1. The van der Waals surface area contributed by atoms with Crippen LogP contribution in [0, 0.1) is 0 Å². The van der Waals surface area contributed by atoms with Gasteiger partial charge >= 0.3 is 0 Å². The molecule has 1 aliphatic heterocycles. The van der Waals surface area contributed by atoms with E-state index in [2.05, 4.69) is 11.8 Å². The summed E-state index contributed by atoms with van der Waals surface area (Å²) in [6.45, 7) is 5.16. The molecule has 5 heteroatoms. The fourth-order valence-electron chi connectivity index (χ4n) is 2.64. The topological polar surface area (TPSA) is 41.9 Å². The number of benzene rings is 1. The first-order chi connectivity index (χ1) is 10.1. The molecule has 0 radical (unpaired) electrons. The van der Waals surface area contributed by atoms with Crippen LogP contribution in [0.15, 0.2) is 12.1 Å². The summed E-state index contributed by atoms with van der Waals surface area (Å²) in [4.78, 5) is 2.24. The minimum Gasteiger partial charge on any atom is -0.493 e. The lowest BCUT2D eigenvalue weighted by molar-refractivity contribution is 0.0668. The first-order valence-electron chi connectivity index (χ1n) is 7.53. The Morgan fingerprint density at radius 2 is 2.24 bits per heavy atom. The number of piperidine rings is 1. The zero-order valence-electron chi connectivity index (χ0n) is 12.8. The van der Waals surface area contributed by atoms with Crippen molar-refractivity contribution < 1.29 is 14.6 Å². The Labute approximate surface area is 131 Å². The number of likely N-dealkylation sites (tertiary alicyclic amines) is 1. The molecular weight excluding hydrogens is 290 g/mol. The maximum atomic E-state index is 9.74. The molecule has 118 valence electrons. The van der Waals surface area contributed by atoms with E-state index in [1.807, 2.05) is 12.1 Å². The van der Waals surface area contributed by atoms with Gasteiger partial charge in [0.2, 0.25) is 0 Å². The summed E-state index contributed by atoms with van der Waals surface area (Å²) in [5, 5.41) is 10.3. The van der Waals surface area contributed by atoms with Crippen LogP contribution in [0.4, 0.5) is 0 Å². The Kier molecular flexibility index (Phi) is 6.15. The van der Waals surface area contributed by atoms with E-state index in [1.54, 1.807) is 7.11 Å². The summed E-state index contributed by atoms with van der Waals surface area (Å²) in [5.74, 6) is 1.28. The summed E-state index contributed by atoms with van der Waals surface area (Å²) >= 11 is 6.32. The number of ether oxygens (including phenoxy) is 2. The number of methoxy groups -OCH3 is 1. The number of hydrogen-bond acceptors (Lipinski definition) is 4. The highest BCUT2D eigenvalue weighted by molar-refractivity contribution is 6.32.